The van der Waals surface area contributed by atoms with E-state index in [1.165, 1.54) is 23.9 Å². The van der Waals surface area contributed by atoms with Gasteiger partial charge in [0.05, 0.1) is 24.1 Å². The number of primary amides is 1. The van der Waals surface area contributed by atoms with Gasteiger partial charge in [0.2, 0.25) is 5.91 Å². The molecule has 210 valence electrons. The van der Waals surface area contributed by atoms with E-state index >= 15 is 4.39 Å². The Balaban J connectivity index is 1.56. The molecule has 3 aliphatic carbocycles. The van der Waals surface area contributed by atoms with Crippen LogP contribution in [0.15, 0.2) is 6.07 Å². The molecule has 1 heterocycles. The van der Waals surface area contributed by atoms with Crippen LogP contribution < -0.4 is 5.73 Å². The van der Waals surface area contributed by atoms with Gasteiger partial charge < -0.3 is 15.9 Å². The number of likely N-dealkylation sites (tertiary alicyclic amines) is 1. The predicted molar refractivity (Wildman–Crippen MR) is 126 cm³/mol. The fourth-order valence-electron chi connectivity index (χ4n) is 7.01. The van der Waals surface area contributed by atoms with Gasteiger partial charge in [0.25, 0.3) is 5.92 Å². The Morgan fingerprint density at radius 2 is 1.87 bits per heavy atom. The highest BCUT2D eigenvalue weighted by molar-refractivity contribution is 6.32. The number of phenolic OH excluding ortho intramolecular Hbond substituents is 1. The van der Waals surface area contributed by atoms with Crippen LogP contribution in [0, 0.1) is 29.5 Å². The van der Waals surface area contributed by atoms with Gasteiger partial charge in [0.15, 0.2) is 34.7 Å². The number of nitrogens with zero attached hydrogens (tertiary/aromatic N) is 2. The zero-order chi connectivity index (χ0) is 28.8. The Hall–Kier alpha value is -3.16. The van der Waals surface area contributed by atoms with Gasteiger partial charge in [0, 0.05) is 36.6 Å². The number of Topliss-reactive ketones (excluding diaryl/α,β-unsaturated/α-hetero) is 4. The minimum Gasteiger partial charge on any atom is -0.507 e. The second kappa shape index (κ2) is 8.93. The van der Waals surface area contributed by atoms with Gasteiger partial charge >= 0.3 is 0 Å². The molecule has 1 aliphatic heterocycles. The molecule has 5 rings (SSSR count). The molecule has 6 atom stereocenters. The van der Waals surface area contributed by atoms with E-state index in [1.807, 2.05) is 0 Å². The van der Waals surface area contributed by atoms with Crippen LogP contribution in [0.3, 0.4) is 0 Å². The smallest absolute Gasteiger partial charge is 0.261 e. The lowest BCUT2D eigenvalue weighted by Crippen LogP contribution is -2.74. The average Bonchev–Trinajstić information content (AvgIpc) is 3.17. The summed E-state index contributed by atoms with van der Waals surface area (Å²) >= 11 is 0. The highest BCUT2D eigenvalue weighted by atomic mass is 19.3. The molecule has 13 heteroatoms. The fraction of sp³-hybridized carbons (Fsp3) is 0.577. The lowest BCUT2D eigenvalue weighted by molar-refractivity contribution is -0.181. The third-order valence-corrected chi connectivity index (χ3v) is 8.71. The molecule has 10 nitrogen and oxygen atoms in total. The quantitative estimate of drug-likeness (QED) is 0.433. The van der Waals surface area contributed by atoms with E-state index < -0.39 is 94.0 Å². The third-order valence-electron chi connectivity index (χ3n) is 8.71. The van der Waals surface area contributed by atoms with E-state index in [0.717, 1.165) is 6.07 Å². The van der Waals surface area contributed by atoms with Crippen LogP contribution in [0.1, 0.15) is 34.3 Å². The van der Waals surface area contributed by atoms with E-state index in [9.17, 15) is 43.0 Å². The summed E-state index contributed by atoms with van der Waals surface area (Å²) in [7, 11) is 2.92. The standard InChI is InChI=1S/C26H28F3N3O7/c1-31(2)19-13-6-10-5-12-16(14(33)7-11(18(12)27)8-32-4-3-25(28,29)9-32)20(34)15(10)22(36)26(13,39)23(37)17(21(19)35)24(30)38/h7,10,13,15,17,19,33,39H,3-6,8-9H2,1-2H3,(H2,30,38)/t10-,13-,15?,17?,19-,26-/m0/s1. The van der Waals surface area contributed by atoms with Crippen molar-refractivity contribution in [3.63, 3.8) is 0 Å². The highest BCUT2D eigenvalue weighted by Crippen LogP contribution is 2.51. The van der Waals surface area contributed by atoms with Crippen LogP contribution in [-0.4, -0.2) is 93.8 Å². The van der Waals surface area contributed by atoms with Gasteiger partial charge in [-0.3, -0.25) is 33.8 Å². The first-order valence-corrected chi connectivity index (χ1v) is 12.6. The van der Waals surface area contributed by atoms with Crippen LogP contribution >= 0.6 is 0 Å². The third kappa shape index (κ3) is 3.93. The zero-order valence-electron chi connectivity index (χ0n) is 21.2. The number of amides is 1. The highest BCUT2D eigenvalue weighted by Gasteiger charge is 2.69. The molecule has 0 radical (unpaired) electrons. The lowest BCUT2D eigenvalue weighted by atomic mass is 9.52. The molecule has 0 bridgehead atoms. The average molecular weight is 552 g/mol. The van der Waals surface area contributed by atoms with Gasteiger partial charge in [-0.2, -0.15) is 0 Å². The number of carbonyl (C=O) groups excluding carboxylic acids is 5. The van der Waals surface area contributed by atoms with Crippen molar-refractivity contribution in [1.29, 1.82) is 0 Å². The van der Waals surface area contributed by atoms with Crippen LogP contribution in [0.5, 0.6) is 5.75 Å². The number of hydrogen-bond donors (Lipinski definition) is 3. The molecule has 39 heavy (non-hydrogen) atoms. The summed E-state index contributed by atoms with van der Waals surface area (Å²) in [5, 5.41) is 22.2. The van der Waals surface area contributed by atoms with Crippen molar-refractivity contribution in [3.05, 3.63) is 28.6 Å². The molecule has 1 aromatic rings. The van der Waals surface area contributed by atoms with Crippen LogP contribution in [0.2, 0.25) is 0 Å². The number of benzene rings is 1. The first kappa shape index (κ1) is 27.4. The van der Waals surface area contributed by atoms with Crippen LogP contribution in [0.25, 0.3) is 0 Å². The van der Waals surface area contributed by atoms with Crippen molar-refractivity contribution < 1.29 is 47.4 Å². The number of carbonyl (C=O) groups is 5. The number of ketones is 4. The number of rotatable bonds is 4. The van der Waals surface area contributed by atoms with Gasteiger partial charge in [0.1, 0.15) is 11.6 Å². The minimum absolute atomic E-state index is 0.0168. The van der Waals surface area contributed by atoms with Crippen LogP contribution in [0.4, 0.5) is 13.2 Å². The molecular formula is C26H28F3N3O7. The first-order valence-electron chi connectivity index (χ1n) is 12.6. The SMILES string of the molecule is CN(C)[C@@H]1C(=O)C(C(N)=O)C(=O)[C@@]2(O)C(=O)C3C(=O)c4c(O)cc(CN5CCC(F)(F)C5)c(F)c4C[C@H]3C[C@@H]12. The molecule has 0 aromatic heterocycles. The number of phenols is 1. The number of halogens is 3. The summed E-state index contributed by atoms with van der Waals surface area (Å²) in [4.78, 5) is 68.3. The zero-order valence-corrected chi connectivity index (χ0v) is 21.2. The van der Waals surface area contributed by atoms with Gasteiger partial charge in [-0.1, -0.05) is 0 Å². The summed E-state index contributed by atoms with van der Waals surface area (Å²) in [6, 6.07) is -0.309. The van der Waals surface area contributed by atoms with Crippen molar-refractivity contribution in [2.75, 3.05) is 27.2 Å². The maximum absolute atomic E-state index is 15.7. The Morgan fingerprint density at radius 3 is 2.44 bits per heavy atom. The number of fused-ring (bicyclic) bond motifs is 3. The molecule has 4 N–H and O–H groups in total. The maximum atomic E-state index is 15.7. The van der Waals surface area contributed by atoms with Gasteiger partial charge in [-0.05, 0) is 38.9 Å². The summed E-state index contributed by atoms with van der Waals surface area (Å²) in [5.74, 6) is -16.3. The van der Waals surface area contributed by atoms with Crippen molar-refractivity contribution in [2.24, 2.45) is 29.4 Å². The van der Waals surface area contributed by atoms with Gasteiger partial charge in [-0.25, -0.2) is 13.2 Å². The Labute approximate surface area is 220 Å². The molecule has 2 saturated carbocycles. The van der Waals surface area contributed by atoms with E-state index in [0.29, 0.717) is 0 Å². The minimum atomic E-state index is -2.92. The second-order valence-corrected chi connectivity index (χ2v) is 11.3. The molecular weight excluding hydrogens is 523 g/mol. The normalized spacial score (nSPS) is 34.2. The Kier molecular flexibility index (Phi) is 6.28. The lowest BCUT2D eigenvalue weighted by Gasteiger charge is -2.52. The molecule has 3 fully saturated rings. The van der Waals surface area contributed by atoms with Crippen molar-refractivity contribution in [1.82, 2.24) is 9.80 Å². The van der Waals surface area contributed by atoms with Gasteiger partial charge in [-0.15, -0.1) is 0 Å². The van der Waals surface area contributed by atoms with E-state index in [4.69, 9.17) is 5.73 Å². The van der Waals surface area contributed by atoms with Crippen molar-refractivity contribution in [3.8, 4) is 5.75 Å². The van der Waals surface area contributed by atoms with E-state index in [1.54, 1.807) is 0 Å². The molecule has 1 amide bonds. The Morgan fingerprint density at radius 1 is 1.21 bits per heavy atom. The predicted octanol–water partition coefficient (Wildman–Crippen LogP) is -0.153. The van der Waals surface area contributed by atoms with E-state index in [2.05, 4.69) is 0 Å². The first-order chi connectivity index (χ1) is 18.1. The summed E-state index contributed by atoms with van der Waals surface area (Å²) in [5.41, 5.74) is 1.65. The van der Waals surface area contributed by atoms with Crippen molar-refractivity contribution >= 4 is 29.0 Å². The fourth-order valence-corrected chi connectivity index (χ4v) is 7.01. The Bertz CT molecular complexity index is 1330. The summed E-state index contributed by atoms with van der Waals surface area (Å²) in [6.07, 6.45) is -0.844. The molecule has 1 saturated heterocycles. The number of alkyl halides is 2. The number of aromatic hydroxyl groups is 1. The molecule has 0 spiro atoms. The van der Waals surface area contributed by atoms with Crippen LogP contribution in [-0.2, 0) is 32.1 Å². The number of nitrogens with two attached hydrogens (primary N) is 1. The monoisotopic (exact) mass is 551 g/mol. The molecule has 4 aliphatic rings. The largest absolute Gasteiger partial charge is 0.507 e. The number of aliphatic hydroxyl groups is 1. The summed E-state index contributed by atoms with van der Waals surface area (Å²) in [6.45, 7) is -0.794. The molecule has 2 unspecified atom stereocenters. The maximum Gasteiger partial charge on any atom is 0.261 e. The molecule has 1 aromatic carbocycles. The summed E-state index contributed by atoms with van der Waals surface area (Å²) < 4.78 is 43.0. The number of likely N-dealkylation sites (N-methyl/N-ethyl adjacent to an activating group) is 1. The topological polar surface area (TPSA) is 158 Å². The van der Waals surface area contributed by atoms with E-state index in [-0.39, 0.29) is 43.5 Å². The second-order valence-electron chi connectivity index (χ2n) is 11.3. The number of hydrogen-bond acceptors (Lipinski definition) is 9. The van der Waals surface area contributed by atoms with Crippen molar-refractivity contribution in [2.45, 2.75) is 43.4 Å².